The number of carboxylic acid groups (broad SMARTS) is 2. The number of hydrogen-bond acceptors (Lipinski definition) is 4. The van der Waals surface area contributed by atoms with Gasteiger partial charge in [0.05, 0.1) is 0 Å². The molecule has 0 fully saturated rings. The largest absolute Gasteiger partial charge is 2.00 e. The molecule has 0 saturated carbocycles. The molecule has 140 valence electrons. The molecule has 0 aliphatic carbocycles. The fraction of sp³-hybridized carbons (Fsp3) is 0.0833. The number of carboxylic acids is 2. The number of benzene rings is 4. The molecule has 0 radical (unpaired) electrons. The summed E-state index contributed by atoms with van der Waals surface area (Å²) in [4.78, 5) is 21.0. The van der Waals surface area contributed by atoms with E-state index in [0.717, 1.165) is 32.7 Å². The molecule has 0 saturated heterocycles. The summed E-state index contributed by atoms with van der Waals surface area (Å²) < 4.78 is 0. The van der Waals surface area contributed by atoms with E-state index in [0.29, 0.717) is 0 Å². The van der Waals surface area contributed by atoms with E-state index in [1.54, 1.807) is 0 Å². The normalized spacial score (nSPS) is 9.93. The first-order valence-electron chi connectivity index (χ1n) is 8.87. The van der Waals surface area contributed by atoms with E-state index in [-0.39, 0.29) is 50.6 Å². The summed E-state index contributed by atoms with van der Waals surface area (Å²) in [6, 6.07) is 26.8. The van der Waals surface area contributed by atoms with Crippen molar-refractivity contribution in [3.05, 3.63) is 96.1 Å². The average Bonchev–Trinajstić information content (AvgIpc) is 2.68. The van der Waals surface area contributed by atoms with E-state index in [4.69, 9.17) is 0 Å². The van der Waals surface area contributed by atoms with Gasteiger partial charge in [-0.2, -0.15) is 0 Å². The van der Waals surface area contributed by atoms with E-state index < -0.39 is 11.9 Å². The van der Waals surface area contributed by atoms with Gasteiger partial charge in [0.2, 0.25) is 0 Å². The zero-order chi connectivity index (χ0) is 19.9. The van der Waals surface area contributed by atoms with Crippen molar-refractivity contribution in [1.29, 1.82) is 0 Å². The minimum absolute atomic E-state index is 0. The summed E-state index contributed by atoms with van der Waals surface area (Å²) in [6.07, 6.45) is -0.0529. The van der Waals surface area contributed by atoms with Crippen LogP contribution in [0.4, 0.5) is 0 Å². The first-order chi connectivity index (χ1) is 13.5. The Morgan fingerprint density at radius 1 is 0.552 bits per heavy atom. The maximum Gasteiger partial charge on any atom is 2.00 e. The van der Waals surface area contributed by atoms with E-state index >= 15 is 0 Å². The fourth-order valence-electron chi connectivity index (χ4n) is 3.20. The molecule has 4 aromatic rings. The van der Waals surface area contributed by atoms with Gasteiger partial charge in [-0.3, -0.25) is 0 Å². The summed E-state index contributed by atoms with van der Waals surface area (Å²) in [5, 5.41) is 25.1. The molecular weight excluding hydrogens is 392 g/mol. The number of carbonyl (C=O) groups is 2. The van der Waals surface area contributed by atoms with Crippen molar-refractivity contribution in [1.82, 2.24) is 0 Å². The zero-order valence-electron chi connectivity index (χ0n) is 15.8. The van der Waals surface area contributed by atoms with Gasteiger partial charge >= 0.3 is 37.7 Å². The van der Waals surface area contributed by atoms with Crippen LogP contribution in [0.3, 0.4) is 0 Å². The van der Waals surface area contributed by atoms with Crippen molar-refractivity contribution in [3.8, 4) is 0 Å². The quantitative estimate of drug-likeness (QED) is 0.481. The van der Waals surface area contributed by atoms with Gasteiger partial charge in [0.25, 0.3) is 0 Å². The molecule has 0 N–H and O–H groups in total. The smallest absolute Gasteiger partial charge is 0.550 e. The van der Waals surface area contributed by atoms with Crippen molar-refractivity contribution < 1.29 is 19.8 Å². The molecule has 4 rings (SSSR count). The first-order valence-corrected chi connectivity index (χ1v) is 8.87. The van der Waals surface area contributed by atoms with Gasteiger partial charge in [-0.15, -0.1) is 0 Å². The zero-order valence-corrected chi connectivity index (χ0v) is 18.0. The second kappa shape index (κ2) is 11.0. The summed E-state index contributed by atoms with van der Waals surface area (Å²) in [6.45, 7) is 0. The number of aliphatic carboxylic acids is 2. The average molecular weight is 410 g/mol. The first kappa shape index (κ1) is 22.9. The van der Waals surface area contributed by atoms with Crippen LogP contribution in [0.5, 0.6) is 0 Å². The van der Waals surface area contributed by atoms with E-state index in [1.807, 2.05) is 84.9 Å². The third kappa shape index (κ3) is 6.29. The predicted molar refractivity (Wildman–Crippen MR) is 111 cm³/mol. The van der Waals surface area contributed by atoms with Crippen LogP contribution >= 0.6 is 0 Å². The van der Waals surface area contributed by atoms with Crippen molar-refractivity contribution in [2.45, 2.75) is 12.8 Å². The van der Waals surface area contributed by atoms with Crippen LogP contribution in [0.15, 0.2) is 84.9 Å². The van der Waals surface area contributed by atoms with E-state index in [1.165, 1.54) is 0 Å². The van der Waals surface area contributed by atoms with Crippen molar-refractivity contribution in [2.24, 2.45) is 0 Å². The molecule has 0 unspecified atom stereocenters. The molecule has 0 amide bonds. The molecule has 0 heterocycles. The SMILES string of the molecule is O=C([O-])Cc1cccc2ccccc12.O=C([O-])Cc1cccc2ccccc12.[Ca+2]. The van der Waals surface area contributed by atoms with Crippen molar-refractivity contribution in [3.63, 3.8) is 0 Å². The number of rotatable bonds is 4. The monoisotopic (exact) mass is 410 g/mol. The van der Waals surface area contributed by atoms with Crippen LogP contribution in [-0.2, 0) is 22.4 Å². The summed E-state index contributed by atoms with van der Waals surface area (Å²) in [5.74, 6) is -2.08. The van der Waals surface area contributed by atoms with Crippen molar-refractivity contribution in [2.75, 3.05) is 0 Å². The molecule has 0 bridgehead atoms. The molecule has 0 spiro atoms. The Balaban J connectivity index is 0.000000200. The fourth-order valence-corrected chi connectivity index (χ4v) is 3.20. The van der Waals surface area contributed by atoms with Crippen LogP contribution in [0.1, 0.15) is 11.1 Å². The third-order valence-corrected chi connectivity index (χ3v) is 4.43. The number of carbonyl (C=O) groups excluding carboxylic acids is 2. The maximum absolute atomic E-state index is 10.5. The Bertz CT molecular complexity index is 1040. The van der Waals surface area contributed by atoms with Crippen LogP contribution < -0.4 is 10.2 Å². The summed E-state index contributed by atoms with van der Waals surface area (Å²) >= 11 is 0. The van der Waals surface area contributed by atoms with Gasteiger partial charge < -0.3 is 19.8 Å². The van der Waals surface area contributed by atoms with E-state index in [2.05, 4.69) is 0 Å². The van der Waals surface area contributed by atoms with Gasteiger partial charge in [0.15, 0.2) is 0 Å². The van der Waals surface area contributed by atoms with Crippen LogP contribution in [0.2, 0.25) is 0 Å². The minimum atomic E-state index is -1.04. The van der Waals surface area contributed by atoms with Gasteiger partial charge in [0.1, 0.15) is 0 Å². The number of hydrogen-bond donors (Lipinski definition) is 0. The maximum atomic E-state index is 10.5. The molecule has 0 aromatic heterocycles. The summed E-state index contributed by atoms with van der Waals surface area (Å²) in [5.41, 5.74) is 1.62. The number of fused-ring (bicyclic) bond motifs is 2. The molecule has 0 atom stereocenters. The molecule has 4 nitrogen and oxygen atoms in total. The standard InChI is InChI=1S/2C12H10O2.Ca/c2*13-12(14)8-10-6-3-5-9-4-1-2-7-11(9)10;/h2*1-7H,8H2,(H,13,14);/q;;+2/p-2. The predicted octanol–water partition coefficient (Wildman–Crippen LogP) is 1.88. The second-order valence-corrected chi connectivity index (χ2v) is 6.37. The van der Waals surface area contributed by atoms with Gasteiger partial charge in [-0.05, 0) is 32.7 Å². The topological polar surface area (TPSA) is 80.3 Å². The van der Waals surface area contributed by atoms with E-state index in [9.17, 15) is 19.8 Å². The van der Waals surface area contributed by atoms with Gasteiger partial charge in [0, 0.05) is 24.8 Å². The summed E-state index contributed by atoms with van der Waals surface area (Å²) in [7, 11) is 0. The van der Waals surface area contributed by atoms with Crippen LogP contribution in [-0.4, -0.2) is 49.7 Å². The third-order valence-electron chi connectivity index (χ3n) is 4.43. The molecule has 0 aliphatic heterocycles. The Morgan fingerprint density at radius 2 is 0.897 bits per heavy atom. The van der Waals surface area contributed by atoms with Crippen LogP contribution in [0.25, 0.3) is 21.5 Å². The molecule has 0 aliphatic rings. The second-order valence-electron chi connectivity index (χ2n) is 6.37. The molecule has 4 aromatic carbocycles. The Labute approximate surface area is 198 Å². The Hall–Kier alpha value is -2.40. The minimum Gasteiger partial charge on any atom is -0.550 e. The molecular formula is C24H18CaO4. The Kier molecular flexibility index (Phi) is 8.65. The molecule has 5 heteroatoms. The van der Waals surface area contributed by atoms with Crippen molar-refractivity contribution >= 4 is 71.2 Å². The van der Waals surface area contributed by atoms with Gasteiger partial charge in [-0.1, -0.05) is 84.9 Å². The molecule has 29 heavy (non-hydrogen) atoms. The Morgan fingerprint density at radius 3 is 1.28 bits per heavy atom. The van der Waals surface area contributed by atoms with Gasteiger partial charge in [-0.25, -0.2) is 0 Å². The van der Waals surface area contributed by atoms with Crippen LogP contribution in [0, 0.1) is 0 Å².